The summed E-state index contributed by atoms with van der Waals surface area (Å²) in [7, 11) is 0.506. The highest BCUT2D eigenvalue weighted by molar-refractivity contribution is 7.91. The Balaban J connectivity index is 2.15. The van der Waals surface area contributed by atoms with Crippen LogP contribution in [0.5, 0.6) is 17.2 Å². The highest BCUT2D eigenvalue weighted by Gasteiger charge is 2.22. The molecule has 28 heavy (non-hydrogen) atoms. The standard InChI is InChI=1S/C16H22N4O6S2/c1-9(2)14(21)18-15-19-20-16(27-15)28(22,23)17-8-10-6-11(24-3)13(26-5)12(7-10)25-4/h6-7,9,17H,8H2,1-5H3,(H,18,19,21). The Morgan fingerprint density at radius 1 is 1.11 bits per heavy atom. The van der Waals surface area contributed by atoms with Crippen molar-refractivity contribution in [1.82, 2.24) is 14.9 Å². The van der Waals surface area contributed by atoms with E-state index in [-0.39, 0.29) is 27.8 Å². The number of nitrogens with one attached hydrogen (secondary N) is 2. The van der Waals surface area contributed by atoms with Crippen molar-refractivity contribution in [1.29, 1.82) is 0 Å². The fourth-order valence-electron chi connectivity index (χ4n) is 2.10. The quantitative estimate of drug-likeness (QED) is 0.575. The van der Waals surface area contributed by atoms with Crippen LogP contribution in [0, 0.1) is 5.92 Å². The summed E-state index contributed by atoms with van der Waals surface area (Å²) in [6, 6.07) is 3.27. The van der Waals surface area contributed by atoms with Crippen LogP contribution in [0.3, 0.4) is 0 Å². The van der Waals surface area contributed by atoms with E-state index >= 15 is 0 Å². The molecular formula is C16H22N4O6S2. The molecule has 0 radical (unpaired) electrons. The summed E-state index contributed by atoms with van der Waals surface area (Å²) in [4.78, 5) is 11.7. The van der Waals surface area contributed by atoms with Crippen LogP contribution in [0.1, 0.15) is 19.4 Å². The number of carbonyl (C=O) groups excluding carboxylic acids is 1. The number of ether oxygens (including phenoxy) is 3. The Hall–Kier alpha value is -2.44. The molecule has 1 amide bonds. The third-order valence-corrected chi connectivity index (χ3v) is 6.19. The maximum atomic E-state index is 12.5. The number of sulfonamides is 1. The number of rotatable bonds is 9. The van der Waals surface area contributed by atoms with Crippen molar-refractivity contribution in [2.24, 2.45) is 5.92 Å². The molecule has 0 spiro atoms. The maximum absolute atomic E-state index is 12.5. The number of amides is 1. The van der Waals surface area contributed by atoms with E-state index in [1.165, 1.54) is 21.3 Å². The molecule has 0 aliphatic carbocycles. The molecule has 0 bridgehead atoms. The molecule has 2 rings (SSSR count). The molecule has 1 aromatic heterocycles. The van der Waals surface area contributed by atoms with Crippen molar-refractivity contribution in [3.63, 3.8) is 0 Å². The van der Waals surface area contributed by atoms with E-state index in [1.54, 1.807) is 26.0 Å². The minimum absolute atomic E-state index is 0.0354. The molecule has 10 nitrogen and oxygen atoms in total. The molecule has 2 N–H and O–H groups in total. The van der Waals surface area contributed by atoms with E-state index in [1.807, 2.05) is 0 Å². The highest BCUT2D eigenvalue weighted by Crippen LogP contribution is 2.38. The van der Waals surface area contributed by atoms with Gasteiger partial charge in [0.25, 0.3) is 10.0 Å². The van der Waals surface area contributed by atoms with E-state index in [9.17, 15) is 13.2 Å². The molecule has 1 aromatic carbocycles. The first-order valence-electron chi connectivity index (χ1n) is 8.14. The summed E-state index contributed by atoms with van der Waals surface area (Å²) >= 11 is 0.768. The van der Waals surface area contributed by atoms with Crippen LogP contribution < -0.4 is 24.2 Å². The van der Waals surface area contributed by atoms with Gasteiger partial charge < -0.3 is 19.5 Å². The van der Waals surface area contributed by atoms with Crippen molar-refractivity contribution >= 4 is 32.4 Å². The molecule has 1 heterocycles. The number of carbonyl (C=O) groups is 1. The highest BCUT2D eigenvalue weighted by atomic mass is 32.2. The molecule has 0 saturated heterocycles. The van der Waals surface area contributed by atoms with Crippen molar-refractivity contribution < 1.29 is 27.4 Å². The zero-order chi connectivity index (χ0) is 20.9. The van der Waals surface area contributed by atoms with Gasteiger partial charge in [-0.3, -0.25) is 4.79 Å². The third kappa shape index (κ3) is 5.09. The Morgan fingerprint density at radius 3 is 2.21 bits per heavy atom. The largest absolute Gasteiger partial charge is 0.493 e. The van der Waals surface area contributed by atoms with Crippen LogP contribution >= 0.6 is 11.3 Å². The predicted molar refractivity (Wildman–Crippen MR) is 104 cm³/mol. The molecule has 0 aliphatic heterocycles. The smallest absolute Gasteiger partial charge is 0.270 e. The van der Waals surface area contributed by atoms with Gasteiger partial charge in [0.1, 0.15) is 0 Å². The lowest BCUT2D eigenvalue weighted by Gasteiger charge is -2.14. The summed E-state index contributed by atoms with van der Waals surface area (Å²) in [6.07, 6.45) is 0. The van der Waals surface area contributed by atoms with Crippen molar-refractivity contribution in [3.05, 3.63) is 17.7 Å². The van der Waals surface area contributed by atoms with Gasteiger partial charge in [-0.2, -0.15) is 0 Å². The zero-order valence-electron chi connectivity index (χ0n) is 16.1. The lowest BCUT2D eigenvalue weighted by Crippen LogP contribution is -2.23. The number of hydrogen-bond donors (Lipinski definition) is 2. The lowest BCUT2D eigenvalue weighted by molar-refractivity contribution is -0.118. The van der Waals surface area contributed by atoms with Crippen LogP contribution in [0.2, 0.25) is 0 Å². The fourth-order valence-corrected chi connectivity index (χ4v) is 4.06. The number of methoxy groups -OCH3 is 3. The first-order chi connectivity index (χ1) is 13.2. The van der Waals surface area contributed by atoms with Crippen molar-refractivity contribution in [2.75, 3.05) is 26.6 Å². The van der Waals surface area contributed by atoms with Gasteiger partial charge in [0.05, 0.1) is 21.3 Å². The minimum Gasteiger partial charge on any atom is -0.493 e. The average molecular weight is 431 g/mol. The van der Waals surface area contributed by atoms with E-state index in [0.717, 1.165) is 11.3 Å². The topological polar surface area (TPSA) is 129 Å². The lowest BCUT2D eigenvalue weighted by atomic mass is 10.2. The fraction of sp³-hybridized carbons (Fsp3) is 0.438. The predicted octanol–water partition coefficient (Wildman–Crippen LogP) is 1.64. The Labute approximate surface area is 167 Å². The van der Waals surface area contributed by atoms with Crippen LogP contribution in [0.25, 0.3) is 0 Å². The molecule has 0 atom stereocenters. The molecular weight excluding hydrogens is 408 g/mol. The van der Waals surface area contributed by atoms with E-state index in [0.29, 0.717) is 22.8 Å². The number of anilines is 1. The third-order valence-electron chi connectivity index (χ3n) is 3.58. The van der Waals surface area contributed by atoms with Gasteiger partial charge in [-0.05, 0) is 17.7 Å². The minimum atomic E-state index is -3.92. The van der Waals surface area contributed by atoms with Gasteiger partial charge in [-0.15, -0.1) is 10.2 Å². The zero-order valence-corrected chi connectivity index (χ0v) is 17.7. The maximum Gasteiger partial charge on any atom is 0.270 e. The van der Waals surface area contributed by atoms with Gasteiger partial charge in [0.2, 0.25) is 21.1 Å². The molecule has 2 aromatic rings. The normalized spacial score (nSPS) is 11.4. The Bertz CT molecular complexity index is 917. The SMILES string of the molecule is COc1cc(CNS(=O)(=O)c2nnc(NC(=O)C(C)C)s2)cc(OC)c1OC. The number of nitrogens with zero attached hydrogens (tertiary/aromatic N) is 2. The Kier molecular flexibility index (Phi) is 7.16. The number of benzene rings is 1. The van der Waals surface area contributed by atoms with Gasteiger partial charge >= 0.3 is 0 Å². The average Bonchev–Trinajstić information content (AvgIpc) is 3.14. The van der Waals surface area contributed by atoms with Gasteiger partial charge in [0.15, 0.2) is 11.5 Å². The van der Waals surface area contributed by atoms with Crippen LogP contribution in [-0.2, 0) is 21.4 Å². The van der Waals surface area contributed by atoms with Crippen molar-refractivity contribution in [3.8, 4) is 17.2 Å². The second-order valence-electron chi connectivity index (χ2n) is 5.88. The molecule has 0 aliphatic rings. The summed E-state index contributed by atoms with van der Waals surface area (Å²) < 4.78 is 42.9. The summed E-state index contributed by atoms with van der Waals surface area (Å²) in [5, 5.41) is 9.97. The van der Waals surface area contributed by atoms with Crippen LogP contribution in [0.4, 0.5) is 5.13 Å². The molecule has 12 heteroatoms. The molecule has 0 saturated carbocycles. The van der Waals surface area contributed by atoms with Crippen LogP contribution in [-0.4, -0.2) is 45.9 Å². The second kappa shape index (κ2) is 9.17. The summed E-state index contributed by atoms with van der Waals surface area (Å²) in [6.45, 7) is 3.40. The van der Waals surface area contributed by atoms with Gasteiger partial charge in [-0.1, -0.05) is 25.2 Å². The summed E-state index contributed by atoms with van der Waals surface area (Å²) in [5.74, 6) is 0.690. The first-order valence-corrected chi connectivity index (χ1v) is 10.4. The Morgan fingerprint density at radius 2 is 1.71 bits per heavy atom. The van der Waals surface area contributed by atoms with Crippen LogP contribution in [0.15, 0.2) is 16.5 Å². The monoisotopic (exact) mass is 430 g/mol. The first kappa shape index (κ1) is 21.9. The molecule has 154 valence electrons. The number of hydrogen-bond acceptors (Lipinski definition) is 9. The van der Waals surface area contributed by atoms with E-state index in [2.05, 4.69) is 20.2 Å². The second-order valence-corrected chi connectivity index (χ2v) is 8.79. The van der Waals surface area contributed by atoms with E-state index in [4.69, 9.17) is 14.2 Å². The van der Waals surface area contributed by atoms with Gasteiger partial charge in [-0.25, -0.2) is 13.1 Å². The van der Waals surface area contributed by atoms with Crippen molar-refractivity contribution in [2.45, 2.75) is 24.7 Å². The molecule has 0 unspecified atom stereocenters. The van der Waals surface area contributed by atoms with Gasteiger partial charge in [0, 0.05) is 12.5 Å². The number of aromatic nitrogens is 2. The summed E-state index contributed by atoms with van der Waals surface area (Å²) in [5.41, 5.74) is 0.593. The van der Waals surface area contributed by atoms with E-state index < -0.39 is 10.0 Å². The molecule has 0 fully saturated rings.